The Balaban J connectivity index is 3.25. The van der Waals surface area contributed by atoms with Crippen LogP contribution in [-0.2, 0) is 0 Å². The summed E-state index contributed by atoms with van der Waals surface area (Å²) < 4.78 is 10.6. The smallest absolute Gasteiger partial charge is 0.133 e. The first kappa shape index (κ1) is 13.2. The van der Waals surface area contributed by atoms with E-state index in [9.17, 15) is 0 Å². The van der Waals surface area contributed by atoms with E-state index in [4.69, 9.17) is 15.2 Å². The molecule has 16 heavy (non-hydrogen) atoms. The molecular weight excluding hydrogens is 224 g/mol. The van der Waals surface area contributed by atoms with Gasteiger partial charge in [-0.15, -0.1) is 11.8 Å². The lowest BCUT2D eigenvalue weighted by atomic mass is 10.1. The molecule has 0 saturated heterocycles. The molecule has 1 aromatic carbocycles. The van der Waals surface area contributed by atoms with Crippen LogP contribution in [0.25, 0.3) is 0 Å². The van der Waals surface area contributed by atoms with Crippen LogP contribution in [0.15, 0.2) is 17.0 Å². The minimum Gasteiger partial charge on any atom is -0.496 e. The van der Waals surface area contributed by atoms with E-state index in [-0.39, 0.29) is 6.17 Å². The second-order valence-corrected chi connectivity index (χ2v) is 4.06. The molecule has 0 heterocycles. The number of methoxy groups -OCH3 is 2. The van der Waals surface area contributed by atoms with Crippen LogP contribution in [0.3, 0.4) is 0 Å². The fraction of sp³-hybridized carbons (Fsp3) is 0.455. The number of benzene rings is 1. The summed E-state index contributed by atoms with van der Waals surface area (Å²) in [5.41, 5.74) is 6.82. The molecule has 5 heteroatoms. The van der Waals surface area contributed by atoms with Crippen molar-refractivity contribution >= 4 is 11.8 Å². The van der Waals surface area contributed by atoms with Crippen LogP contribution in [-0.4, -0.2) is 27.5 Å². The molecule has 3 N–H and O–H groups in total. The Morgan fingerprint density at radius 3 is 2.31 bits per heavy atom. The molecule has 0 aliphatic heterocycles. The summed E-state index contributed by atoms with van der Waals surface area (Å²) in [5, 5.41) is 2.98. The van der Waals surface area contributed by atoms with Crippen molar-refractivity contribution in [3.05, 3.63) is 17.7 Å². The SMILES string of the molecule is CNC(N)c1cc(OC)c(SC)cc1OC. The van der Waals surface area contributed by atoms with Gasteiger partial charge in [-0.25, -0.2) is 0 Å². The number of hydrogen-bond acceptors (Lipinski definition) is 5. The van der Waals surface area contributed by atoms with Gasteiger partial charge in [0.1, 0.15) is 11.5 Å². The summed E-state index contributed by atoms with van der Waals surface area (Å²) in [4.78, 5) is 1.03. The van der Waals surface area contributed by atoms with Gasteiger partial charge >= 0.3 is 0 Å². The van der Waals surface area contributed by atoms with Gasteiger partial charge in [-0.2, -0.15) is 0 Å². The first-order valence-corrected chi connectivity index (χ1v) is 6.13. The van der Waals surface area contributed by atoms with Gasteiger partial charge in [0.05, 0.1) is 25.3 Å². The van der Waals surface area contributed by atoms with Crippen LogP contribution in [0.5, 0.6) is 11.5 Å². The maximum absolute atomic E-state index is 5.93. The average molecular weight is 242 g/mol. The molecule has 0 amide bonds. The van der Waals surface area contributed by atoms with E-state index in [1.807, 2.05) is 18.4 Å². The molecule has 0 bridgehead atoms. The summed E-state index contributed by atoms with van der Waals surface area (Å²) in [6, 6.07) is 3.85. The van der Waals surface area contributed by atoms with E-state index < -0.39 is 0 Å². The number of hydrogen-bond donors (Lipinski definition) is 2. The minimum atomic E-state index is -0.264. The van der Waals surface area contributed by atoms with Crippen molar-refractivity contribution in [3.8, 4) is 11.5 Å². The van der Waals surface area contributed by atoms with Crippen molar-refractivity contribution < 1.29 is 9.47 Å². The molecule has 0 aliphatic carbocycles. The van der Waals surface area contributed by atoms with Gasteiger partial charge in [-0.1, -0.05) is 0 Å². The molecule has 0 aliphatic rings. The Labute approximate surface area is 100 Å². The highest BCUT2D eigenvalue weighted by Gasteiger charge is 2.14. The summed E-state index contributed by atoms with van der Waals surface area (Å²) >= 11 is 1.61. The number of ether oxygens (including phenoxy) is 2. The Hall–Kier alpha value is -0.910. The second-order valence-electron chi connectivity index (χ2n) is 3.22. The minimum absolute atomic E-state index is 0.264. The summed E-state index contributed by atoms with van der Waals surface area (Å²) in [7, 11) is 5.09. The quantitative estimate of drug-likeness (QED) is 0.607. The monoisotopic (exact) mass is 242 g/mol. The molecule has 90 valence electrons. The third-order valence-corrected chi connectivity index (χ3v) is 3.14. The fourth-order valence-electron chi connectivity index (χ4n) is 1.45. The van der Waals surface area contributed by atoms with Crippen LogP contribution in [0.4, 0.5) is 0 Å². The fourth-order valence-corrected chi connectivity index (χ4v) is 2.02. The van der Waals surface area contributed by atoms with Gasteiger partial charge in [0.25, 0.3) is 0 Å². The molecule has 0 saturated carbocycles. The van der Waals surface area contributed by atoms with E-state index in [0.717, 1.165) is 22.0 Å². The zero-order valence-corrected chi connectivity index (χ0v) is 10.9. The standard InChI is InChI=1S/C11H18N2O2S/c1-13-11(12)7-5-9(15-3)10(16-4)6-8(7)14-2/h5-6,11,13H,12H2,1-4H3. The molecule has 1 aromatic rings. The Kier molecular flexibility index (Phi) is 4.92. The average Bonchev–Trinajstić information content (AvgIpc) is 2.35. The lowest BCUT2D eigenvalue weighted by Crippen LogP contribution is -2.25. The molecule has 1 atom stereocenters. The van der Waals surface area contributed by atoms with E-state index in [1.54, 1.807) is 33.0 Å². The van der Waals surface area contributed by atoms with Crippen LogP contribution < -0.4 is 20.5 Å². The van der Waals surface area contributed by atoms with Crippen molar-refractivity contribution in [1.29, 1.82) is 0 Å². The molecule has 0 fully saturated rings. The van der Waals surface area contributed by atoms with Crippen LogP contribution >= 0.6 is 11.8 Å². The largest absolute Gasteiger partial charge is 0.496 e. The van der Waals surface area contributed by atoms with Crippen molar-refractivity contribution in [2.24, 2.45) is 5.73 Å². The lowest BCUT2D eigenvalue weighted by molar-refractivity contribution is 0.385. The van der Waals surface area contributed by atoms with E-state index in [0.29, 0.717) is 0 Å². The number of nitrogens with one attached hydrogen (secondary N) is 1. The van der Waals surface area contributed by atoms with Gasteiger partial charge in [0.2, 0.25) is 0 Å². The third kappa shape index (κ3) is 2.61. The maximum Gasteiger partial charge on any atom is 0.133 e. The maximum atomic E-state index is 5.93. The van der Waals surface area contributed by atoms with Crippen LogP contribution in [0.2, 0.25) is 0 Å². The number of thioether (sulfide) groups is 1. The van der Waals surface area contributed by atoms with Crippen molar-refractivity contribution in [3.63, 3.8) is 0 Å². The van der Waals surface area contributed by atoms with Crippen LogP contribution in [0.1, 0.15) is 11.7 Å². The first-order valence-electron chi connectivity index (χ1n) is 4.90. The zero-order valence-electron chi connectivity index (χ0n) is 10.0. The van der Waals surface area contributed by atoms with Gasteiger partial charge in [0, 0.05) is 5.56 Å². The number of nitrogens with two attached hydrogens (primary N) is 1. The predicted molar refractivity (Wildman–Crippen MR) is 67.3 cm³/mol. The molecule has 0 spiro atoms. The molecular formula is C11H18N2O2S. The van der Waals surface area contributed by atoms with Gasteiger partial charge < -0.3 is 20.5 Å². The topological polar surface area (TPSA) is 56.5 Å². The molecule has 0 radical (unpaired) electrons. The molecule has 4 nitrogen and oxygen atoms in total. The molecule has 1 unspecified atom stereocenters. The highest BCUT2D eigenvalue weighted by molar-refractivity contribution is 7.98. The zero-order chi connectivity index (χ0) is 12.1. The lowest BCUT2D eigenvalue weighted by Gasteiger charge is -2.17. The highest BCUT2D eigenvalue weighted by atomic mass is 32.2. The molecule has 0 aromatic heterocycles. The van der Waals surface area contributed by atoms with Gasteiger partial charge in [0.15, 0.2) is 0 Å². The Morgan fingerprint density at radius 1 is 1.25 bits per heavy atom. The highest BCUT2D eigenvalue weighted by Crippen LogP contribution is 2.36. The van der Waals surface area contributed by atoms with Gasteiger partial charge in [-0.3, -0.25) is 0 Å². The van der Waals surface area contributed by atoms with E-state index >= 15 is 0 Å². The summed E-state index contributed by atoms with van der Waals surface area (Å²) in [6.07, 6.45) is 1.73. The van der Waals surface area contributed by atoms with Crippen molar-refractivity contribution in [1.82, 2.24) is 5.32 Å². The predicted octanol–water partition coefficient (Wildman–Crippen LogP) is 1.60. The third-order valence-electron chi connectivity index (χ3n) is 2.38. The Bertz CT molecular complexity index is 358. The van der Waals surface area contributed by atoms with Gasteiger partial charge in [-0.05, 0) is 25.4 Å². The first-order chi connectivity index (χ1) is 7.67. The second kappa shape index (κ2) is 5.98. The molecule has 1 rings (SSSR count). The van der Waals surface area contributed by atoms with E-state index in [1.165, 1.54) is 0 Å². The Morgan fingerprint density at radius 2 is 1.88 bits per heavy atom. The number of rotatable bonds is 5. The summed E-state index contributed by atoms with van der Waals surface area (Å²) in [5.74, 6) is 1.58. The van der Waals surface area contributed by atoms with Crippen LogP contribution in [0, 0.1) is 0 Å². The normalized spacial score (nSPS) is 12.3. The van der Waals surface area contributed by atoms with Crippen molar-refractivity contribution in [2.45, 2.75) is 11.1 Å². The van der Waals surface area contributed by atoms with Crippen molar-refractivity contribution in [2.75, 3.05) is 27.5 Å². The summed E-state index contributed by atoms with van der Waals surface area (Å²) in [6.45, 7) is 0. The van der Waals surface area contributed by atoms with E-state index in [2.05, 4.69) is 5.32 Å².